The topological polar surface area (TPSA) is 157 Å². The molecule has 7 rings (SSSR count). The summed E-state index contributed by atoms with van der Waals surface area (Å²) in [6.45, 7) is 1.74. The van der Waals surface area contributed by atoms with E-state index in [1.807, 2.05) is 0 Å². The van der Waals surface area contributed by atoms with Gasteiger partial charge in [-0.2, -0.15) is 0 Å². The maximum atomic E-state index is 13.9. The summed E-state index contributed by atoms with van der Waals surface area (Å²) in [4.78, 5) is 27.2. The fraction of sp³-hybridized carbons (Fsp3) is 0.571. The number of aliphatic hydroxyl groups excluding tert-OH is 3. The highest BCUT2D eigenvalue weighted by molar-refractivity contribution is 6.01. The summed E-state index contributed by atoms with van der Waals surface area (Å²) in [5.41, 5.74) is 1.13. The van der Waals surface area contributed by atoms with Gasteiger partial charge in [-0.1, -0.05) is 0 Å². The molecule has 11 heteroatoms. The molecule has 3 heterocycles. The van der Waals surface area contributed by atoms with Crippen LogP contribution in [0.25, 0.3) is 10.8 Å². The zero-order valence-electron chi connectivity index (χ0n) is 21.8. The van der Waals surface area contributed by atoms with Gasteiger partial charge in [0.2, 0.25) is 0 Å². The summed E-state index contributed by atoms with van der Waals surface area (Å²) < 4.78 is 25.5. The van der Waals surface area contributed by atoms with Gasteiger partial charge in [0.05, 0.1) is 41.3 Å². The van der Waals surface area contributed by atoms with Gasteiger partial charge >= 0.3 is 0 Å². The average Bonchev–Trinajstić information content (AvgIpc) is 2.91. The zero-order valence-corrected chi connectivity index (χ0v) is 21.8. The molecule has 1 aromatic carbocycles. The molecule has 0 spiro atoms. The van der Waals surface area contributed by atoms with E-state index in [0.29, 0.717) is 34.4 Å². The summed E-state index contributed by atoms with van der Waals surface area (Å²) in [7, 11) is 3.11. The highest BCUT2D eigenvalue weighted by Crippen LogP contribution is 2.60. The Bertz CT molecular complexity index is 1510. The molecule has 6 unspecified atom stereocenters. The van der Waals surface area contributed by atoms with Crippen LogP contribution in [0.15, 0.2) is 22.2 Å². The van der Waals surface area contributed by atoms with Crippen LogP contribution in [0.1, 0.15) is 48.1 Å². The number of rotatable bonds is 1. The van der Waals surface area contributed by atoms with E-state index in [2.05, 4.69) is 0 Å². The van der Waals surface area contributed by atoms with Crippen LogP contribution < -0.4 is 10.3 Å². The molecule has 5 aliphatic rings. The number of carbonyl (C=O) groups excluding carboxylic acids is 1. The van der Waals surface area contributed by atoms with E-state index in [1.54, 1.807) is 20.0 Å². The van der Waals surface area contributed by atoms with Crippen molar-refractivity contribution in [3.8, 4) is 11.5 Å². The summed E-state index contributed by atoms with van der Waals surface area (Å²) in [6, 6.07) is 1.79. The second kappa shape index (κ2) is 8.52. The van der Waals surface area contributed by atoms with Gasteiger partial charge in [-0.25, -0.2) is 0 Å². The monoisotopic (exact) mass is 541 g/mol. The zero-order chi connectivity index (χ0) is 27.5. The number of aryl methyl sites for hydroxylation is 1. The fourth-order valence-electron chi connectivity index (χ4n) is 7.69. The second-order valence-electron chi connectivity index (χ2n) is 11.3. The van der Waals surface area contributed by atoms with Crippen LogP contribution in [0.5, 0.6) is 11.5 Å². The van der Waals surface area contributed by atoms with Crippen molar-refractivity contribution in [2.75, 3.05) is 13.9 Å². The van der Waals surface area contributed by atoms with Crippen LogP contribution in [0.2, 0.25) is 0 Å². The minimum Gasteiger partial charge on any atom is -0.507 e. The number of benzene rings is 1. The molecule has 1 saturated carbocycles. The lowest BCUT2D eigenvalue weighted by Gasteiger charge is -2.54. The van der Waals surface area contributed by atoms with E-state index < -0.39 is 65.7 Å². The second-order valence-corrected chi connectivity index (χ2v) is 11.3. The molecule has 0 radical (unpaired) electrons. The first kappa shape index (κ1) is 25.0. The number of ether oxygens (including phenoxy) is 4. The van der Waals surface area contributed by atoms with Crippen LogP contribution in [-0.2, 0) is 26.1 Å². The number of hydrogen-bond donors (Lipinski definition) is 4. The van der Waals surface area contributed by atoms with Crippen LogP contribution in [0, 0.1) is 18.8 Å². The normalized spacial score (nSPS) is 36.9. The highest BCUT2D eigenvalue weighted by Gasteiger charge is 2.61. The van der Waals surface area contributed by atoms with Gasteiger partial charge in [-0.05, 0) is 32.3 Å². The van der Waals surface area contributed by atoms with Crippen molar-refractivity contribution in [1.29, 1.82) is 0 Å². The smallest absolute Gasteiger partial charge is 0.262 e. The van der Waals surface area contributed by atoms with Gasteiger partial charge in [0.1, 0.15) is 29.5 Å². The third-order valence-corrected chi connectivity index (χ3v) is 9.57. The molecule has 0 amide bonds. The third-order valence-electron chi connectivity index (χ3n) is 9.57. The highest BCUT2D eigenvalue weighted by atomic mass is 16.7. The lowest BCUT2D eigenvalue weighted by Crippen LogP contribution is -2.62. The lowest BCUT2D eigenvalue weighted by molar-refractivity contribution is -0.190. The predicted molar refractivity (Wildman–Crippen MR) is 134 cm³/mol. The van der Waals surface area contributed by atoms with Crippen LogP contribution in [-0.4, -0.2) is 75.2 Å². The molecule has 9 atom stereocenters. The number of nitrogens with zero attached hydrogens (tertiary/aromatic N) is 1. The van der Waals surface area contributed by atoms with E-state index in [1.165, 1.54) is 11.7 Å². The SMILES string of the molecule is COC1C2C[C@@H]3OCOc4c3c(c(O)c3c(=O)n(C)c(C)cc43)C2C(O)C2C(=O)C3=C(OC12)[C@@H](O)CC[C@@H]3O. The summed E-state index contributed by atoms with van der Waals surface area (Å²) >= 11 is 0. The van der Waals surface area contributed by atoms with Crippen molar-refractivity contribution < 1.29 is 44.2 Å². The molecule has 0 bridgehead atoms. The summed E-state index contributed by atoms with van der Waals surface area (Å²) in [5, 5.41) is 45.4. The largest absolute Gasteiger partial charge is 0.507 e. The predicted octanol–water partition coefficient (Wildman–Crippen LogP) is 0.807. The van der Waals surface area contributed by atoms with E-state index in [-0.39, 0.29) is 42.1 Å². The van der Waals surface area contributed by atoms with Gasteiger partial charge in [0, 0.05) is 48.2 Å². The maximum absolute atomic E-state index is 13.9. The Balaban J connectivity index is 1.47. The molecule has 208 valence electrons. The summed E-state index contributed by atoms with van der Waals surface area (Å²) in [6.07, 6.45) is -4.82. The number of aromatic hydroxyl groups is 1. The van der Waals surface area contributed by atoms with E-state index >= 15 is 0 Å². The van der Waals surface area contributed by atoms with E-state index in [4.69, 9.17) is 18.9 Å². The fourth-order valence-corrected chi connectivity index (χ4v) is 7.69. The number of fused-ring (bicyclic) bond motifs is 5. The number of aromatic nitrogens is 1. The summed E-state index contributed by atoms with van der Waals surface area (Å²) in [5.74, 6) is -2.71. The Morgan fingerprint density at radius 1 is 1.08 bits per heavy atom. The number of Topliss-reactive ketones (excluding diaryl/α,β-unsaturated/α-hetero) is 1. The molecule has 2 aliphatic heterocycles. The van der Waals surface area contributed by atoms with Crippen LogP contribution in [0.4, 0.5) is 0 Å². The Labute approximate surface area is 223 Å². The minimum atomic E-state index is -1.34. The van der Waals surface area contributed by atoms with Gasteiger partial charge in [0.15, 0.2) is 12.6 Å². The number of phenolic OH excluding ortho intramolecular Hbond substituents is 1. The quantitative estimate of drug-likeness (QED) is 0.407. The molecule has 39 heavy (non-hydrogen) atoms. The Morgan fingerprint density at radius 2 is 1.82 bits per heavy atom. The van der Waals surface area contributed by atoms with Gasteiger partial charge in [-0.15, -0.1) is 0 Å². The van der Waals surface area contributed by atoms with Gasteiger partial charge in [-0.3, -0.25) is 9.59 Å². The Morgan fingerprint density at radius 3 is 2.56 bits per heavy atom. The van der Waals surface area contributed by atoms with Crippen molar-refractivity contribution >= 4 is 16.6 Å². The molecular weight excluding hydrogens is 510 g/mol. The lowest BCUT2D eigenvalue weighted by atomic mass is 9.58. The van der Waals surface area contributed by atoms with Crippen molar-refractivity contribution in [2.24, 2.45) is 18.9 Å². The first-order valence-corrected chi connectivity index (χ1v) is 13.3. The minimum absolute atomic E-state index is 0.0168. The van der Waals surface area contributed by atoms with Gasteiger partial charge < -0.3 is 43.9 Å². The standard InChI is InChI=1S/C28H31NO10/c1-9-6-10-16(28(35)29(9)2)22(33)19-15-11(7-14-18(19)24(10)38-8-37-14)25(36-3)27-20(21(15)32)23(34)17-12(30)4-5-13(31)26(17)39-27/h6,11-15,20-21,25,27,30-33H,4-5,7-8H2,1-3H3/t11?,12-,13-,14-,15?,20?,21?,25?,27?/m0/s1. The molecule has 1 aromatic heterocycles. The number of hydrogen-bond acceptors (Lipinski definition) is 10. The van der Waals surface area contributed by atoms with Crippen molar-refractivity contribution in [3.63, 3.8) is 0 Å². The Hall–Kier alpha value is -2.96. The number of carbonyl (C=O) groups is 1. The molecule has 11 nitrogen and oxygen atoms in total. The molecule has 3 aliphatic carbocycles. The van der Waals surface area contributed by atoms with E-state index in [0.717, 1.165) is 0 Å². The maximum Gasteiger partial charge on any atom is 0.262 e. The Kier molecular flexibility index (Phi) is 5.47. The van der Waals surface area contributed by atoms with Crippen molar-refractivity contribution in [1.82, 2.24) is 4.57 Å². The molecule has 0 saturated heterocycles. The molecule has 4 N–H and O–H groups in total. The third kappa shape index (κ3) is 3.16. The first-order valence-electron chi connectivity index (χ1n) is 13.3. The number of aliphatic hydroxyl groups is 3. The van der Waals surface area contributed by atoms with Crippen LogP contribution in [0.3, 0.4) is 0 Å². The van der Waals surface area contributed by atoms with Crippen LogP contribution >= 0.6 is 0 Å². The molecule has 1 fully saturated rings. The van der Waals surface area contributed by atoms with Crippen molar-refractivity contribution in [3.05, 3.63) is 44.6 Å². The molecule has 2 aromatic rings. The van der Waals surface area contributed by atoms with Gasteiger partial charge in [0.25, 0.3) is 5.56 Å². The number of phenols is 1. The first-order chi connectivity index (χ1) is 18.6. The average molecular weight is 542 g/mol. The number of ketones is 1. The van der Waals surface area contributed by atoms with E-state index in [9.17, 15) is 30.0 Å². The molecular formula is C28H31NO10. The van der Waals surface area contributed by atoms with Crippen molar-refractivity contribution in [2.45, 2.75) is 68.7 Å². The number of methoxy groups -OCH3 is 1. The number of pyridine rings is 1.